The van der Waals surface area contributed by atoms with Gasteiger partial charge in [0.2, 0.25) is 5.91 Å². The Labute approximate surface area is 75.9 Å². The highest BCUT2D eigenvalue weighted by molar-refractivity contribution is 6.12. The molecule has 0 aliphatic rings. The van der Waals surface area contributed by atoms with Crippen LogP contribution in [0.2, 0.25) is 0 Å². The lowest BCUT2D eigenvalue weighted by Gasteiger charge is -2.15. The Kier molecular flexibility index (Phi) is 2.64. The van der Waals surface area contributed by atoms with Crippen molar-refractivity contribution < 1.29 is 9.59 Å². The molecule has 0 aliphatic heterocycles. The van der Waals surface area contributed by atoms with Gasteiger partial charge in [-0.05, 0) is 18.2 Å². The molecule has 0 unspecified atom stereocenters. The smallest absolute Gasteiger partial charge is 0.326 e. The van der Waals surface area contributed by atoms with E-state index in [-0.39, 0.29) is 0 Å². The summed E-state index contributed by atoms with van der Waals surface area (Å²) in [5, 5.41) is 0. The number of primary amides is 1. The molecule has 2 N–H and O–H groups in total. The first kappa shape index (κ1) is 9.25. The van der Waals surface area contributed by atoms with Crippen LogP contribution in [0.5, 0.6) is 0 Å². The molecule has 67 valence electrons. The quantitative estimate of drug-likeness (QED) is 0.693. The number of benzene rings is 1. The van der Waals surface area contributed by atoms with Gasteiger partial charge in [0, 0.05) is 6.92 Å². The number of anilines is 1. The van der Waals surface area contributed by atoms with Gasteiger partial charge in [-0.1, -0.05) is 12.1 Å². The number of hydrogen-bond donors (Lipinski definition) is 1. The molecule has 0 fully saturated rings. The Morgan fingerprint density at radius 3 is 2.31 bits per heavy atom. The van der Waals surface area contributed by atoms with Gasteiger partial charge in [-0.2, -0.15) is 0 Å². The minimum atomic E-state index is -0.779. The Hall–Kier alpha value is -1.84. The lowest BCUT2D eigenvalue weighted by Crippen LogP contribution is -2.39. The standard InChI is InChI=1S/C9H9N2O2/c1-7(12)11(9(10)13)8-5-3-2-4-6-8/h3-6H,1H3,(H2,10,13). The van der Waals surface area contributed by atoms with Crippen LogP contribution in [0.25, 0.3) is 0 Å². The number of imide groups is 1. The number of amides is 3. The predicted octanol–water partition coefficient (Wildman–Crippen LogP) is 0.918. The first-order chi connectivity index (χ1) is 6.13. The third-order valence-corrected chi connectivity index (χ3v) is 1.49. The van der Waals surface area contributed by atoms with Crippen molar-refractivity contribution in [1.82, 2.24) is 0 Å². The molecule has 0 heterocycles. The highest BCUT2D eigenvalue weighted by Gasteiger charge is 2.15. The zero-order chi connectivity index (χ0) is 9.84. The summed E-state index contributed by atoms with van der Waals surface area (Å²) in [4.78, 5) is 22.8. The van der Waals surface area contributed by atoms with E-state index >= 15 is 0 Å². The second-order valence-corrected chi connectivity index (χ2v) is 2.45. The summed E-state index contributed by atoms with van der Waals surface area (Å²) in [6.45, 7) is 1.28. The third kappa shape index (κ3) is 2.05. The van der Waals surface area contributed by atoms with Crippen molar-refractivity contribution in [3.63, 3.8) is 0 Å². The molecule has 4 nitrogen and oxygen atoms in total. The fourth-order valence-corrected chi connectivity index (χ4v) is 0.991. The molecular weight excluding hydrogens is 168 g/mol. The number of nitrogens with two attached hydrogens (primary N) is 1. The van der Waals surface area contributed by atoms with E-state index in [2.05, 4.69) is 6.07 Å². The Balaban J connectivity index is 3.03. The summed E-state index contributed by atoms with van der Waals surface area (Å²) in [6, 6.07) is 8.39. The summed E-state index contributed by atoms with van der Waals surface area (Å²) in [5.74, 6) is -0.404. The van der Waals surface area contributed by atoms with E-state index in [9.17, 15) is 9.59 Å². The van der Waals surface area contributed by atoms with Crippen molar-refractivity contribution in [2.75, 3.05) is 4.90 Å². The summed E-state index contributed by atoms with van der Waals surface area (Å²) < 4.78 is 0. The Bertz CT molecular complexity index is 308. The summed E-state index contributed by atoms with van der Waals surface area (Å²) in [5.41, 5.74) is 5.48. The monoisotopic (exact) mass is 177 g/mol. The van der Waals surface area contributed by atoms with Crippen LogP contribution in [-0.2, 0) is 4.79 Å². The molecule has 0 saturated heterocycles. The number of carbonyl (C=O) groups is 2. The van der Waals surface area contributed by atoms with E-state index in [0.29, 0.717) is 5.69 Å². The maximum absolute atomic E-state index is 11.0. The molecule has 13 heavy (non-hydrogen) atoms. The molecule has 0 spiro atoms. The fourth-order valence-electron chi connectivity index (χ4n) is 0.991. The van der Waals surface area contributed by atoms with Crippen LogP contribution >= 0.6 is 0 Å². The minimum absolute atomic E-state index is 0.404. The summed E-state index contributed by atoms with van der Waals surface area (Å²) >= 11 is 0. The van der Waals surface area contributed by atoms with E-state index in [1.165, 1.54) is 6.92 Å². The second kappa shape index (κ2) is 3.71. The van der Waals surface area contributed by atoms with Crippen molar-refractivity contribution in [2.45, 2.75) is 6.92 Å². The van der Waals surface area contributed by atoms with Gasteiger partial charge >= 0.3 is 6.03 Å². The number of hydrogen-bond acceptors (Lipinski definition) is 2. The molecule has 0 aromatic heterocycles. The molecule has 0 atom stereocenters. The average Bonchev–Trinajstić information content (AvgIpc) is 2.04. The van der Waals surface area contributed by atoms with Crippen molar-refractivity contribution >= 4 is 17.6 Å². The van der Waals surface area contributed by atoms with E-state index in [0.717, 1.165) is 4.90 Å². The largest absolute Gasteiger partial charge is 0.351 e. The van der Waals surface area contributed by atoms with Crippen LogP contribution in [-0.4, -0.2) is 11.9 Å². The molecule has 0 saturated carbocycles. The van der Waals surface area contributed by atoms with Crippen LogP contribution < -0.4 is 10.6 Å². The first-order valence-corrected chi connectivity index (χ1v) is 3.69. The summed E-state index contributed by atoms with van der Waals surface area (Å²) in [6.07, 6.45) is 0. The first-order valence-electron chi connectivity index (χ1n) is 3.69. The molecule has 1 aromatic rings. The molecule has 4 heteroatoms. The Morgan fingerprint density at radius 2 is 1.92 bits per heavy atom. The van der Waals surface area contributed by atoms with Gasteiger partial charge in [0.05, 0.1) is 5.69 Å². The van der Waals surface area contributed by atoms with Gasteiger partial charge in [0.25, 0.3) is 0 Å². The maximum atomic E-state index is 11.0. The van der Waals surface area contributed by atoms with Crippen molar-refractivity contribution in [1.29, 1.82) is 0 Å². The minimum Gasteiger partial charge on any atom is -0.351 e. The van der Waals surface area contributed by atoms with E-state index in [1.54, 1.807) is 24.3 Å². The second-order valence-electron chi connectivity index (χ2n) is 2.45. The number of nitrogens with zero attached hydrogens (tertiary/aromatic N) is 1. The van der Waals surface area contributed by atoms with E-state index in [4.69, 9.17) is 5.73 Å². The lowest BCUT2D eigenvalue weighted by molar-refractivity contribution is -0.115. The van der Waals surface area contributed by atoms with Crippen molar-refractivity contribution in [2.24, 2.45) is 5.73 Å². The van der Waals surface area contributed by atoms with Crippen LogP contribution in [0.15, 0.2) is 24.3 Å². The van der Waals surface area contributed by atoms with Gasteiger partial charge < -0.3 is 5.73 Å². The number of carbonyl (C=O) groups excluding carboxylic acids is 2. The zero-order valence-corrected chi connectivity index (χ0v) is 7.15. The maximum Gasteiger partial charge on any atom is 0.326 e. The topological polar surface area (TPSA) is 63.4 Å². The van der Waals surface area contributed by atoms with E-state index in [1.807, 2.05) is 0 Å². The van der Waals surface area contributed by atoms with Gasteiger partial charge in [0.15, 0.2) is 0 Å². The number of urea groups is 1. The van der Waals surface area contributed by atoms with E-state index < -0.39 is 11.9 Å². The molecule has 3 amide bonds. The average molecular weight is 177 g/mol. The Morgan fingerprint density at radius 1 is 1.38 bits per heavy atom. The van der Waals surface area contributed by atoms with Crippen molar-refractivity contribution in [3.05, 3.63) is 30.3 Å². The fraction of sp³-hybridized carbons (Fsp3) is 0.111. The predicted molar refractivity (Wildman–Crippen MR) is 48.0 cm³/mol. The highest BCUT2D eigenvalue weighted by Crippen LogP contribution is 2.12. The third-order valence-electron chi connectivity index (χ3n) is 1.49. The molecule has 1 radical (unpaired) electrons. The van der Waals surface area contributed by atoms with Crippen LogP contribution in [0.1, 0.15) is 6.92 Å². The molecule has 0 bridgehead atoms. The van der Waals surface area contributed by atoms with Gasteiger partial charge in [-0.15, -0.1) is 0 Å². The van der Waals surface area contributed by atoms with Crippen molar-refractivity contribution in [3.8, 4) is 0 Å². The zero-order valence-electron chi connectivity index (χ0n) is 7.15. The van der Waals surface area contributed by atoms with Gasteiger partial charge in [0.1, 0.15) is 0 Å². The lowest BCUT2D eigenvalue weighted by atomic mass is 10.3. The molecule has 0 aliphatic carbocycles. The van der Waals surface area contributed by atoms with Crippen LogP contribution in [0, 0.1) is 6.07 Å². The SMILES string of the molecule is CC(=O)N(C(N)=O)c1cc[c]cc1. The number of rotatable bonds is 1. The highest BCUT2D eigenvalue weighted by atomic mass is 16.2. The molecule has 1 aromatic carbocycles. The normalized spacial score (nSPS) is 9.31. The van der Waals surface area contributed by atoms with Gasteiger partial charge in [-0.25, -0.2) is 9.69 Å². The molecular formula is C9H9N2O2. The van der Waals surface area contributed by atoms with Crippen LogP contribution in [0.4, 0.5) is 10.5 Å². The van der Waals surface area contributed by atoms with Crippen LogP contribution in [0.3, 0.4) is 0 Å². The van der Waals surface area contributed by atoms with Gasteiger partial charge in [-0.3, -0.25) is 4.79 Å². The molecule has 1 rings (SSSR count). The summed E-state index contributed by atoms with van der Waals surface area (Å²) in [7, 11) is 0.